The van der Waals surface area contributed by atoms with Crippen molar-refractivity contribution in [2.24, 2.45) is 0 Å². The number of sulfone groups is 1. The first-order valence-electron chi connectivity index (χ1n) is 6.37. The van der Waals surface area contributed by atoms with Gasteiger partial charge in [-0.15, -0.1) is 11.3 Å². The Balaban J connectivity index is 2.45. The van der Waals surface area contributed by atoms with Gasteiger partial charge in [0.2, 0.25) is 5.91 Å². The van der Waals surface area contributed by atoms with Crippen LogP contribution in [0.3, 0.4) is 0 Å². The molecule has 1 aromatic rings. The van der Waals surface area contributed by atoms with E-state index in [-0.39, 0.29) is 6.54 Å². The zero-order valence-corrected chi connectivity index (χ0v) is 13.6. The first kappa shape index (κ1) is 16.0. The van der Waals surface area contributed by atoms with Gasteiger partial charge < -0.3 is 10.0 Å². The lowest BCUT2D eigenvalue weighted by Gasteiger charge is -2.37. The average molecular weight is 331 g/mol. The van der Waals surface area contributed by atoms with E-state index in [0.717, 1.165) is 11.1 Å². The van der Waals surface area contributed by atoms with E-state index in [0.29, 0.717) is 12.0 Å². The molecule has 2 rings (SSSR count). The predicted molar refractivity (Wildman–Crippen MR) is 79.0 cm³/mol. The van der Waals surface area contributed by atoms with Crippen LogP contribution >= 0.6 is 11.3 Å². The van der Waals surface area contributed by atoms with Crippen molar-refractivity contribution >= 4 is 33.1 Å². The minimum absolute atomic E-state index is 0.211. The Labute approximate surface area is 127 Å². The van der Waals surface area contributed by atoms with Crippen LogP contribution in [0.25, 0.3) is 0 Å². The maximum Gasteiger partial charge on any atom is 0.331 e. The molecule has 0 fully saturated rings. The van der Waals surface area contributed by atoms with Crippen molar-refractivity contribution in [1.29, 1.82) is 0 Å². The molecule has 1 aliphatic heterocycles. The molecule has 116 valence electrons. The highest BCUT2D eigenvalue weighted by Crippen LogP contribution is 2.35. The Morgan fingerprint density at radius 2 is 2.05 bits per heavy atom. The Hall–Kier alpha value is -1.41. The third-order valence-electron chi connectivity index (χ3n) is 3.90. The molecule has 1 aliphatic rings. The summed E-state index contributed by atoms with van der Waals surface area (Å²) in [6.07, 6.45) is 1.53. The van der Waals surface area contributed by atoms with Crippen molar-refractivity contribution in [3.8, 4) is 0 Å². The molecule has 21 heavy (non-hydrogen) atoms. The van der Waals surface area contributed by atoms with Crippen LogP contribution in [0.5, 0.6) is 0 Å². The van der Waals surface area contributed by atoms with Gasteiger partial charge in [-0.25, -0.2) is 13.2 Å². The molecule has 1 unspecified atom stereocenters. The Bertz CT molecular complexity index is 689. The van der Waals surface area contributed by atoms with Crippen LogP contribution in [-0.4, -0.2) is 47.8 Å². The Morgan fingerprint density at radius 3 is 2.57 bits per heavy atom. The molecular formula is C13H17NO5S2. The third kappa shape index (κ3) is 2.57. The molecule has 0 saturated heterocycles. The number of nitrogens with zero attached hydrogens (tertiary/aromatic N) is 1. The van der Waals surface area contributed by atoms with Crippen LogP contribution < -0.4 is 0 Å². The number of amides is 1. The van der Waals surface area contributed by atoms with Gasteiger partial charge >= 0.3 is 5.97 Å². The van der Waals surface area contributed by atoms with Gasteiger partial charge in [-0.1, -0.05) is 0 Å². The zero-order chi connectivity index (χ0) is 16.0. The van der Waals surface area contributed by atoms with Crippen LogP contribution in [0.2, 0.25) is 0 Å². The second kappa shape index (κ2) is 5.10. The smallest absolute Gasteiger partial charge is 0.331 e. The van der Waals surface area contributed by atoms with E-state index in [4.69, 9.17) is 0 Å². The van der Waals surface area contributed by atoms with Crippen molar-refractivity contribution in [1.82, 2.24) is 4.90 Å². The number of carbonyl (C=O) groups is 2. The normalized spacial score (nSPS) is 19.2. The fourth-order valence-electron chi connectivity index (χ4n) is 2.31. The first-order chi connectivity index (χ1) is 9.57. The van der Waals surface area contributed by atoms with Crippen molar-refractivity contribution in [3.63, 3.8) is 0 Å². The maximum atomic E-state index is 12.6. The molecule has 0 radical (unpaired) electrons. The quantitative estimate of drug-likeness (QED) is 0.895. The molecule has 2 heterocycles. The fraction of sp³-hybridized carbons (Fsp3) is 0.538. The van der Waals surface area contributed by atoms with Gasteiger partial charge in [0.05, 0.1) is 0 Å². The number of fused-ring (bicyclic) bond motifs is 1. The zero-order valence-electron chi connectivity index (χ0n) is 12.0. The number of rotatable bonds is 3. The van der Waals surface area contributed by atoms with Crippen LogP contribution in [0, 0.1) is 0 Å². The molecule has 6 nitrogen and oxygen atoms in total. The molecule has 0 aliphatic carbocycles. The van der Waals surface area contributed by atoms with Gasteiger partial charge in [-0.3, -0.25) is 4.79 Å². The topological polar surface area (TPSA) is 91.8 Å². The minimum Gasteiger partial charge on any atom is -0.479 e. The number of hydrogen-bond donors (Lipinski definition) is 1. The van der Waals surface area contributed by atoms with Gasteiger partial charge in [-0.2, -0.15) is 0 Å². The highest BCUT2D eigenvalue weighted by molar-refractivity contribution is 7.92. The van der Waals surface area contributed by atoms with E-state index >= 15 is 0 Å². The van der Waals surface area contributed by atoms with E-state index in [1.807, 2.05) is 0 Å². The number of thiophene rings is 1. The Kier molecular flexibility index (Phi) is 3.88. The summed E-state index contributed by atoms with van der Waals surface area (Å²) in [6, 6.07) is 0.569. The molecule has 1 N–H and O–H groups in total. The second-order valence-corrected chi connectivity index (χ2v) is 9.14. The van der Waals surface area contributed by atoms with Crippen molar-refractivity contribution < 1.29 is 23.1 Å². The van der Waals surface area contributed by atoms with Gasteiger partial charge in [0.25, 0.3) is 0 Å². The van der Waals surface area contributed by atoms with E-state index < -0.39 is 32.5 Å². The SMILES string of the molecule is CC(C)(C(=O)N1CCc2sccc2C1C(=O)O)S(C)(=O)=O. The molecule has 0 aromatic carbocycles. The summed E-state index contributed by atoms with van der Waals surface area (Å²) in [6.45, 7) is 2.84. The lowest BCUT2D eigenvalue weighted by molar-refractivity contribution is -0.152. The largest absolute Gasteiger partial charge is 0.479 e. The van der Waals surface area contributed by atoms with Crippen LogP contribution in [0.15, 0.2) is 11.4 Å². The number of hydrogen-bond acceptors (Lipinski definition) is 5. The molecule has 1 amide bonds. The number of aliphatic carboxylic acids is 1. The minimum atomic E-state index is -3.65. The summed E-state index contributed by atoms with van der Waals surface area (Å²) in [4.78, 5) is 26.3. The second-order valence-electron chi connectivity index (χ2n) is 5.57. The maximum absolute atomic E-state index is 12.6. The summed E-state index contributed by atoms with van der Waals surface area (Å²) in [7, 11) is -3.65. The van der Waals surface area contributed by atoms with Gasteiger partial charge in [0, 0.05) is 17.7 Å². The Morgan fingerprint density at radius 1 is 1.43 bits per heavy atom. The van der Waals surface area contributed by atoms with E-state index in [9.17, 15) is 23.1 Å². The fourth-order valence-corrected chi connectivity index (χ4v) is 3.64. The van der Waals surface area contributed by atoms with Gasteiger partial charge in [-0.05, 0) is 37.3 Å². The molecule has 0 saturated carbocycles. The number of carbonyl (C=O) groups excluding carboxylic acids is 1. The third-order valence-corrected chi connectivity index (χ3v) is 6.93. The lowest BCUT2D eigenvalue weighted by Crippen LogP contribution is -2.53. The predicted octanol–water partition coefficient (Wildman–Crippen LogP) is 1.08. The highest BCUT2D eigenvalue weighted by Gasteiger charge is 2.46. The van der Waals surface area contributed by atoms with Crippen molar-refractivity contribution in [2.45, 2.75) is 31.1 Å². The van der Waals surface area contributed by atoms with Crippen LogP contribution in [0.4, 0.5) is 0 Å². The van der Waals surface area contributed by atoms with E-state index in [1.165, 1.54) is 30.1 Å². The van der Waals surface area contributed by atoms with Gasteiger partial charge in [0.1, 0.15) is 4.75 Å². The molecule has 0 spiro atoms. The summed E-state index contributed by atoms with van der Waals surface area (Å²) in [5, 5.41) is 11.2. The van der Waals surface area contributed by atoms with Crippen LogP contribution in [0.1, 0.15) is 30.3 Å². The molecule has 1 aromatic heterocycles. The van der Waals surface area contributed by atoms with Gasteiger partial charge in [0.15, 0.2) is 15.9 Å². The standard InChI is InChI=1S/C13H17NO5S2/c1-13(2,21(3,18)19)12(17)14-6-4-9-8(5-7-20-9)10(14)11(15)16/h5,7,10H,4,6H2,1-3H3,(H,15,16). The average Bonchev–Trinajstić information content (AvgIpc) is 2.82. The summed E-state index contributed by atoms with van der Waals surface area (Å²) in [5.74, 6) is -1.82. The molecule has 1 atom stereocenters. The monoisotopic (exact) mass is 331 g/mol. The lowest BCUT2D eigenvalue weighted by atomic mass is 9.98. The molecule has 0 bridgehead atoms. The van der Waals surface area contributed by atoms with Crippen molar-refractivity contribution in [2.75, 3.05) is 12.8 Å². The summed E-state index contributed by atoms with van der Waals surface area (Å²) < 4.78 is 22.0. The summed E-state index contributed by atoms with van der Waals surface area (Å²) in [5.41, 5.74) is 0.580. The van der Waals surface area contributed by atoms with Crippen molar-refractivity contribution in [3.05, 3.63) is 21.9 Å². The highest BCUT2D eigenvalue weighted by atomic mass is 32.2. The number of carboxylic acids is 1. The molecule has 8 heteroatoms. The summed E-state index contributed by atoms with van der Waals surface area (Å²) >= 11 is 1.45. The van der Waals surface area contributed by atoms with E-state index in [1.54, 1.807) is 11.4 Å². The first-order valence-corrected chi connectivity index (χ1v) is 9.14. The molecular weight excluding hydrogens is 314 g/mol. The van der Waals surface area contributed by atoms with E-state index in [2.05, 4.69) is 0 Å². The van der Waals surface area contributed by atoms with Crippen LogP contribution in [-0.2, 0) is 25.8 Å². The number of carboxylic acid groups (broad SMARTS) is 1.